The number of hydrogen-bond acceptors (Lipinski definition) is 4. The summed E-state index contributed by atoms with van der Waals surface area (Å²) in [4.78, 5) is 16.1. The van der Waals surface area contributed by atoms with Crippen LogP contribution in [0.2, 0.25) is 0 Å². The summed E-state index contributed by atoms with van der Waals surface area (Å²) < 4.78 is 0. The first kappa shape index (κ1) is 9.61. The second kappa shape index (κ2) is 3.33. The van der Waals surface area contributed by atoms with E-state index in [2.05, 4.69) is 10.3 Å². The van der Waals surface area contributed by atoms with Crippen molar-refractivity contribution in [1.82, 2.24) is 10.3 Å². The molecule has 5 heteroatoms. The molecule has 2 N–H and O–H groups in total. The third-order valence-corrected chi connectivity index (χ3v) is 3.87. The fourth-order valence-electron chi connectivity index (χ4n) is 1.99. The van der Waals surface area contributed by atoms with Crippen LogP contribution in [0.15, 0.2) is 11.7 Å². The van der Waals surface area contributed by atoms with Gasteiger partial charge in [-0.15, -0.1) is 11.3 Å². The summed E-state index contributed by atoms with van der Waals surface area (Å²) in [7, 11) is 0. The maximum atomic E-state index is 11.1. The molecule has 2 heterocycles. The topological polar surface area (TPSA) is 62.2 Å². The summed E-state index contributed by atoms with van der Waals surface area (Å²) in [5.41, 5.74) is 1.30. The highest BCUT2D eigenvalue weighted by molar-refractivity contribution is 7.09. The lowest BCUT2D eigenvalue weighted by Crippen LogP contribution is -2.41. The zero-order valence-corrected chi connectivity index (χ0v) is 8.67. The number of aliphatic carboxylic acids is 1. The van der Waals surface area contributed by atoms with Crippen molar-refractivity contribution in [3.8, 4) is 0 Å². The van der Waals surface area contributed by atoms with Gasteiger partial charge in [0, 0.05) is 11.1 Å². The van der Waals surface area contributed by atoms with Crippen LogP contribution in [-0.2, 0) is 10.3 Å². The molecular formula is C9H12N2O2S. The number of carboxylic acid groups (broad SMARTS) is 1. The summed E-state index contributed by atoms with van der Waals surface area (Å²) in [5, 5.41) is 12.3. The molecule has 2 atom stereocenters. The number of aromatic nitrogens is 1. The van der Waals surface area contributed by atoms with Crippen LogP contribution in [0.1, 0.15) is 18.2 Å². The highest BCUT2D eigenvalue weighted by Gasteiger charge is 2.45. The molecule has 0 bridgehead atoms. The Morgan fingerprint density at radius 3 is 3.21 bits per heavy atom. The van der Waals surface area contributed by atoms with Gasteiger partial charge in [0.1, 0.15) is 0 Å². The molecule has 14 heavy (non-hydrogen) atoms. The Labute approximate surface area is 86.0 Å². The normalized spacial score (nSPS) is 31.9. The molecule has 0 spiro atoms. The summed E-state index contributed by atoms with van der Waals surface area (Å²) in [6, 6.07) is 0. The van der Waals surface area contributed by atoms with Gasteiger partial charge in [-0.25, -0.2) is 0 Å². The molecule has 2 rings (SSSR count). The minimum absolute atomic E-state index is 0.344. The highest BCUT2D eigenvalue weighted by atomic mass is 32.1. The lowest BCUT2D eigenvalue weighted by Gasteiger charge is -2.27. The number of carbonyl (C=O) groups is 1. The number of thiazole rings is 1. The summed E-state index contributed by atoms with van der Waals surface area (Å²) in [6.45, 7) is 2.69. The number of carboxylic acids is 1. The van der Waals surface area contributed by atoms with E-state index in [1.165, 1.54) is 11.3 Å². The first-order valence-corrected chi connectivity index (χ1v) is 5.39. The van der Waals surface area contributed by atoms with Crippen molar-refractivity contribution < 1.29 is 9.90 Å². The third kappa shape index (κ3) is 1.33. The van der Waals surface area contributed by atoms with Gasteiger partial charge in [0.25, 0.3) is 0 Å². The van der Waals surface area contributed by atoms with Crippen molar-refractivity contribution in [2.75, 3.05) is 6.54 Å². The Kier molecular flexibility index (Phi) is 2.28. The molecular weight excluding hydrogens is 200 g/mol. The predicted octanol–water partition coefficient (Wildman–Crippen LogP) is 1.05. The summed E-state index contributed by atoms with van der Waals surface area (Å²) in [5.74, 6) is -1.08. The largest absolute Gasteiger partial charge is 0.481 e. The smallest absolute Gasteiger partial charge is 0.308 e. The fraction of sp³-hybridized carbons (Fsp3) is 0.556. The van der Waals surface area contributed by atoms with E-state index in [0.29, 0.717) is 6.42 Å². The molecule has 1 fully saturated rings. The predicted molar refractivity (Wildman–Crippen MR) is 53.2 cm³/mol. The average Bonchev–Trinajstić information content (AvgIpc) is 2.71. The van der Waals surface area contributed by atoms with Crippen LogP contribution < -0.4 is 5.32 Å². The molecule has 1 aromatic heterocycles. The highest BCUT2D eigenvalue weighted by Crippen LogP contribution is 2.37. The van der Waals surface area contributed by atoms with Crippen molar-refractivity contribution >= 4 is 17.3 Å². The van der Waals surface area contributed by atoms with Gasteiger partial charge in [0.2, 0.25) is 0 Å². The molecule has 0 saturated carbocycles. The van der Waals surface area contributed by atoms with Gasteiger partial charge in [0.05, 0.1) is 17.0 Å². The fourth-order valence-corrected chi connectivity index (χ4v) is 2.81. The van der Waals surface area contributed by atoms with Crippen molar-refractivity contribution in [2.45, 2.75) is 18.9 Å². The molecule has 0 aromatic carbocycles. The third-order valence-electron chi connectivity index (χ3n) is 2.86. The quantitative estimate of drug-likeness (QED) is 0.769. The van der Waals surface area contributed by atoms with Gasteiger partial charge in [-0.1, -0.05) is 0 Å². The van der Waals surface area contributed by atoms with E-state index in [1.807, 2.05) is 6.92 Å². The maximum Gasteiger partial charge on any atom is 0.308 e. The van der Waals surface area contributed by atoms with Crippen LogP contribution in [0.5, 0.6) is 0 Å². The Morgan fingerprint density at radius 2 is 2.64 bits per heavy atom. The maximum absolute atomic E-state index is 11.1. The second-order valence-electron chi connectivity index (χ2n) is 3.67. The standard InChI is InChI=1S/C9H12N2O2S/c1-9(7-4-10-5-14-7)6(8(12)13)2-3-11-9/h4-6,11H,2-3H2,1H3,(H,12,13). The minimum Gasteiger partial charge on any atom is -0.481 e. The zero-order chi connectivity index (χ0) is 10.2. The molecule has 0 amide bonds. The number of rotatable bonds is 2. The minimum atomic E-state index is -0.731. The van der Waals surface area contributed by atoms with Crippen LogP contribution in [0.25, 0.3) is 0 Å². The van der Waals surface area contributed by atoms with Gasteiger partial charge >= 0.3 is 5.97 Å². The van der Waals surface area contributed by atoms with Crippen LogP contribution in [0, 0.1) is 5.92 Å². The zero-order valence-electron chi connectivity index (χ0n) is 7.86. The van der Waals surface area contributed by atoms with E-state index in [1.54, 1.807) is 11.7 Å². The molecule has 76 valence electrons. The first-order valence-electron chi connectivity index (χ1n) is 4.51. The molecule has 1 aliphatic rings. The number of hydrogen-bond donors (Lipinski definition) is 2. The van der Waals surface area contributed by atoms with E-state index in [9.17, 15) is 4.79 Å². The van der Waals surface area contributed by atoms with Crippen molar-refractivity contribution in [1.29, 1.82) is 0 Å². The van der Waals surface area contributed by atoms with Gasteiger partial charge in [-0.3, -0.25) is 9.78 Å². The van der Waals surface area contributed by atoms with Crippen molar-refractivity contribution in [3.63, 3.8) is 0 Å². The van der Waals surface area contributed by atoms with Gasteiger partial charge < -0.3 is 10.4 Å². The SMILES string of the molecule is CC1(c2cncs2)NCCC1C(=O)O. The van der Waals surface area contributed by atoms with Crippen LogP contribution in [0.4, 0.5) is 0 Å². The number of nitrogens with one attached hydrogen (secondary N) is 1. The van der Waals surface area contributed by atoms with E-state index in [-0.39, 0.29) is 5.92 Å². The van der Waals surface area contributed by atoms with E-state index < -0.39 is 11.5 Å². The molecule has 1 saturated heterocycles. The second-order valence-corrected chi connectivity index (χ2v) is 4.56. The average molecular weight is 212 g/mol. The molecule has 0 aliphatic carbocycles. The Hall–Kier alpha value is -0.940. The molecule has 4 nitrogen and oxygen atoms in total. The van der Waals surface area contributed by atoms with Crippen LogP contribution in [-0.4, -0.2) is 22.6 Å². The molecule has 1 aliphatic heterocycles. The van der Waals surface area contributed by atoms with Gasteiger partial charge in [-0.2, -0.15) is 0 Å². The number of nitrogens with zero attached hydrogens (tertiary/aromatic N) is 1. The van der Waals surface area contributed by atoms with E-state index >= 15 is 0 Å². The van der Waals surface area contributed by atoms with Crippen LogP contribution >= 0.6 is 11.3 Å². The lowest BCUT2D eigenvalue weighted by molar-refractivity contribution is -0.143. The molecule has 1 aromatic rings. The van der Waals surface area contributed by atoms with E-state index in [4.69, 9.17) is 5.11 Å². The lowest BCUT2D eigenvalue weighted by atomic mass is 9.86. The first-order chi connectivity index (χ1) is 6.64. The van der Waals surface area contributed by atoms with E-state index in [0.717, 1.165) is 11.4 Å². The van der Waals surface area contributed by atoms with Gasteiger partial charge in [0.15, 0.2) is 0 Å². The summed E-state index contributed by atoms with van der Waals surface area (Å²) in [6.07, 6.45) is 2.43. The molecule has 0 radical (unpaired) electrons. The Bertz CT molecular complexity index is 339. The van der Waals surface area contributed by atoms with Crippen molar-refractivity contribution in [2.24, 2.45) is 5.92 Å². The molecule has 2 unspecified atom stereocenters. The Morgan fingerprint density at radius 1 is 1.86 bits per heavy atom. The van der Waals surface area contributed by atoms with Crippen LogP contribution in [0.3, 0.4) is 0 Å². The van der Waals surface area contributed by atoms with Gasteiger partial charge in [-0.05, 0) is 19.9 Å². The monoisotopic (exact) mass is 212 g/mol. The Balaban J connectivity index is 2.35. The van der Waals surface area contributed by atoms with Crippen molar-refractivity contribution in [3.05, 3.63) is 16.6 Å². The summed E-state index contributed by atoms with van der Waals surface area (Å²) >= 11 is 1.50.